The Morgan fingerprint density at radius 3 is 1.93 bits per heavy atom. The molecule has 0 fully saturated rings. The number of ether oxygens (including phenoxy) is 1. The zero-order valence-electron chi connectivity index (χ0n) is 18.2. The fraction of sp³-hybridized carbons (Fsp3) is 0.950. The van der Waals surface area contributed by atoms with Gasteiger partial charge in [0.15, 0.2) is 0 Å². The van der Waals surface area contributed by atoms with Crippen molar-refractivity contribution >= 4 is 17.0 Å². The summed E-state index contributed by atoms with van der Waals surface area (Å²) < 4.78 is 59.8. The third-order valence-corrected chi connectivity index (χ3v) is 5.90. The minimum Gasteiger partial charge on any atom is -0.463 e. The van der Waals surface area contributed by atoms with Crippen LogP contribution in [0.5, 0.6) is 0 Å². The molecule has 8 heteroatoms. The fourth-order valence-corrected chi connectivity index (χ4v) is 3.61. The van der Waals surface area contributed by atoms with Crippen LogP contribution in [0.3, 0.4) is 0 Å². The molecule has 0 saturated carbocycles. The molecule has 3 atom stereocenters. The van der Waals surface area contributed by atoms with E-state index in [0.29, 0.717) is 6.42 Å². The van der Waals surface area contributed by atoms with Gasteiger partial charge in [-0.25, -0.2) is 8.93 Å². The summed E-state index contributed by atoms with van der Waals surface area (Å²) in [6.07, 6.45) is 1.49. The Labute approximate surface area is 171 Å². The number of carbonyl (C=O) groups is 1. The Balaban J connectivity index is 5.18. The van der Waals surface area contributed by atoms with E-state index in [0.717, 1.165) is 38.5 Å². The lowest BCUT2D eigenvalue weighted by Gasteiger charge is -2.31. The standard InChI is InChI=1S/C20H38F3NO3S/c1-7-8-9-10-11-12-13-14-16(18(25)27-15(2)3)17(20(21,22)23)24-28(26)19(4,5)6/h15-17,24H,7-14H2,1-6H3/t16-,17-,28-/m0/s1. The van der Waals surface area contributed by atoms with Crippen molar-refractivity contribution < 1.29 is 26.9 Å². The summed E-state index contributed by atoms with van der Waals surface area (Å²) in [7, 11) is -1.95. The van der Waals surface area contributed by atoms with Crippen molar-refractivity contribution in [2.24, 2.45) is 5.92 Å². The summed E-state index contributed by atoms with van der Waals surface area (Å²) >= 11 is 0. The van der Waals surface area contributed by atoms with Crippen LogP contribution >= 0.6 is 0 Å². The lowest BCUT2D eigenvalue weighted by atomic mass is 9.93. The first kappa shape index (κ1) is 27.4. The molecule has 0 aromatic carbocycles. The summed E-state index contributed by atoms with van der Waals surface area (Å²) in [5.41, 5.74) is 0. The molecule has 28 heavy (non-hydrogen) atoms. The topological polar surface area (TPSA) is 55.4 Å². The van der Waals surface area contributed by atoms with Gasteiger partial charge in [0, 0.05) is 0 Å². The van der Waals surface area contributed by atoms with E-state index in [9.17, 15) is 22.2 Å². The minimum absolute atomic E-state index is 0.0534. The van der Waals surface area contributed by atoms with Crippen LogP contribution in [0.15, 0.2) is 0 Å². The zero-order chi connectivity index (χ0) is 22.0. The Hall–Kier alpha value is -0.630. The molecule has 0 heterocycles. The lowest BCUT2D eigenvalue weighted by molar-refractivity contribution is -0.181. The largest absolute Gasteiger partial charge is 0.463 e. The van der Waals surface area contributed by atoms with Crippen molar-refractivity contribution in [3.63, 3.8) is 0 Å². The maximum Gasteiger partial charge on any atom is 0.405 e. The summed E-state index contributed by atoms with van der Waals surface area (Å²) in [5.74, 6) is -2.30. The quantitative estimate of drug-likeness (QED) is 0.303. The molecule has 0 amide bonds. The van der Waals surface area contributed by atoms with Crippen LogP contribution < -0.4 is 4.72 Å². The molecule has 168 valence electrons. The van der Waals surface area contributed by atoms with Crippen molar-refractivity contribution in [1.82, 2.24) is 4.72 Å². The van der Waals surface area contributed by atoms with Crippen LogP contribution in [0.1, 0.15) is 92.9 Å². The monoisotopic (exact) mass is 429 g/mol. The highest BCUT2D eigenvalue weighted by Crippen LogP contribution is 2.31. The Bertz CT molecular complexity index is 476. The van der Waals surface area contributed by atoms with E-state index in [1.54, 1.807) is 34.6 Å². The molecule has 0 aromatic rings. The first-order valence-electron chi connectivity index (χ1n) is 10.3. The SMILES string of the molecule is CCCCCCCCC[C@H](C(=O)OC(C)C)[C@H](N[S@@](=O)C(C)(C)C)C(F)(F)F. The van der Waals surface area contributed by atoms with Gasteiger partial charge in [-0.05, 0) is 41.0 Å². The summed E-state index contributed by atoms with van der Waals surface area (Å²) in [6, 6.07) is -2.20. The zero-order valence-corrected chi connectivity index (χ0v) is 19.0. The van der Waals surface area contributed by atoms with Crippen LogP contribution in [0, 0.1) is 5.92 Å². The number of esters is 1. The van der Waals surface area contributed by atoms with Gasteiger partial charge in [0.05, 0.1) is 27.8 Å². The second kappa shape index (κ2) is 12.8. The number of unbranched alkanes of at least 4 members (excludes halogenated alkanes) is 6. The molecule has 0 radical (unpaired) electrons. The number of nitrogens with one attached hydrogen (secondary N) is 1. The number of alkyl halides is 3. The Kier molecular flexibility index (Phi) is 12.5. The molecule has 1 N–H and O–H groups in total. The molecule has 0 bridgehead atoms. The van der Waals surface area contributed by atoms with Gasteiger partial charge in [0.1, 0.15) is 6.04 Å². The summed E-state index contributed by atoms with van der Waals surface area (Å²) in [6.45, 7) is 10.1. The first-order valence-corrected chi connectivity index (χ1v) is 11.4. The van der Waals surface area contributed by atoms with E-state index in [1.807, 2.05) is 0 Å². The van der Waals surface area contributed by atoms with Gasteiger partial charge in [-0.2, -0.15) is 13.2 Å². The molecule has 0 saturated heterocycles. The van der Waals surface area contributed by atoms with E-state index < -0.39 is 45.9 Å². The van der Waals surface area contributed by atoms with E-state index in [4.69, 9.17) is 4.74 Å². The number of carbonyl (C=O) groups excluding carboxylic acids is 1. The molecule has 0 unspecified atom stereocenters. The number of hydrogen-bond donors (Lipinski definition) is 1. The molecule has 0 aliphatic heterocycles. The van der Waals surface area contributed by atoms with E-state index in [-0.39, 0.29) is 6.42 Å². The van der Waals surface area contributed by atoms with Gasteiger partial charge < -0.3 is 4.74 Å². The lowest BCUT2D eigenvalue weighted by Crippen LogP contribution is -2.53. The van der Waals surface area contributed by atoms with Crippen LogP contribution in [0.4, 0.5) is 13.2 Å². The van der Waals surface area contributed by atoms with Gasteiger partial charge in [0.2, 0.25) is 0 Å². The highest BCUT2D eigenvalue weighted by Gasteiger charge is 2.49. The highest BCUT2D eigenvalue weighted by molar-refractivity contribution is 7.84. The number of hydrogen-bond acceptors (Lipinski definition) is 3. The van der Waals surface area contributed by atoms with Crippen molar-refractivity contribution in [1.29, 1.82) is 0 Å². The van der Waals surface area contributed by atoms with Gasteiger partial charge in [-0.1, -0.05) is 51.9 Å². The third-order valence-electron chi connectivity index (χ3n) is 4.32. The average molecular weight is 430 g/mol. The van der Waals surface area contributed by atoms with Crippen LogP contribution in [0.2, 0.25) is 0 Å². The Morgan fingerprint density at radius 1 is 1.00 bits per heavy atom. The van der Waals surface area contributed by atoms with Crippen molar-refractivity contribution in [3.8, 4) is 0 Å². The predicted octanol–water partition coefficient (Wildman–Crippen LogP) is 5.68. The van der Waals surface area contributed by atoms with Crippen LogP contribution in [-0.4, -0.2) is 33.2 Å². The fourth-order valence-electron chi connectivity index (χ4n) is 2.73. The summed E-state index contributed by atoms with van der Waals surface area (Å²) in [5, 5.41) is 0. The molecule has 0 aliphatic rings. The number of halogens is 3. The first-order chi connectivity index (χ1) is 12.8. The molecule has 0 rings (SSSR count). The van der Waals surface area contributed by atoms with Crippen molar-refractivity contribution in [2.45, 2.75) is 116 Å². The molecule has 0 spiro atoms. The van der Waals surface area contributed by atoms with E-state index >= 15 is 0 Å². The second-order valence-corrected chi connectivity index (χ2v) is 10.5. The maximum atomic E-state index is 13.7. The molecule has 4 nitrogen and oxygen atoms in total. The maximum absolute atomic E-state index is 13.7. The minimum atomic E-state index is -4.71. The molecule has 0 aromatic heterocycles. The molecule has 0 aliphatic carbocycles. The normalized spacial score (nSPS) is 16.1. The van der Waals surface area contributed by atoms with Crippen molar-refractivity contribution in [2.75, 3.05) is 0 Å². The van der Waals surface area contributed by atoms with Gasteiger partial charge in [-0.15, -0.1) is 0 Å². The summed E-state index contributed by atoms with van der Waals surface area (Å²) in [4.78, 5) is 12.4. The highest BCUT2D eigenvalue weighted by atomic mass is 32.2. The van der Waals surface area contributed by atoms with Gasteiger partial charge >= 0.3 is 12.1 Å². The van der Waals surface area contributed by atoms with Crippen molar-refractivity contribution in [3.05, 3.63) is 0 Å². The van der Waals surface area contributed by atoms with Crippen LogP contribution in [-0.2, 0) is 20.5 Å². The van der Waals surface area contributed by atoms with E-state index in [2.05, 4.69) is 11.6 Å². The predicted molar refractivity (Wildman–Crippen MR) is 108 cm³/mol. The van der Waals surface area contributed by atoms with Gasteiger partial charge in [0.25, 0.3) is 0 Å². The van der Waals surface area contributed by atoms with Gasteiger partial charge in [-0.3, -0.25) is 4.79 Å². The molecular weight excluding hydrogens is 391 g/mol. The second-order valence-electron chi connectivity index (χ2n) is 8.52. The average Bonchev–Trinajstić information content (AvgIpc) is 2.53. The van der Waals surface area contributed by atoms with E-state index in [1.165, 1.54) is 0 Å². The smallest absolute Gasteiger partial charge is 0.405 e. The Morgan fingerprint density at radius 2 is 1.50 bits per heavy atom. The van der Waals surface area contributed by atoms with Crippen LogP contribution in [0.25, 0.3) is 0 Å². The molecular formula is C20H38F3NO3S. The third kappa shape index (κ3) is 11.4. The number of rotatable bonds is 13.